The summed E-state index contributed by atoms with van der Waals surface area (Å²) in [5.74, 6) is 1.25. The van der Waals surface area contributed by atoms with E-state index in [0.29, 0.717) is 11.5 Å². The van der Waals surface area contributed by atoms with E-state index in [1.54, 1.807) is 6.26 Å². The fourth-order valence-electron chi connectivity index (χ4n) is 3.40. The zero-order chi connectivity index (χ0) is 16.4. The van der Waals surface area contributed by atoms with E-state index in [2.05, 4.69) is 29.6 Å². The molecule has 1 amide bonds. The van der Waals surface area contributed by atoms with E-state index in [4.69, 9.17) is 4.42 Å². The summed E-state index contributed by atoms with van der Waals surface area (Å²) >= 11 is 0. The number of carbonyl (C=O) groups is 1. The van der Waals surface area contributed by atoms with Crippen molar-refractivity contribution >= 4 is 16.9 Å². The minimum absolute atomic E-state index is 0.0132. The number of benzene rings is 2. The standard InChI is InChI=1S/C21H21NO2/c23-21(19-7-4-8-20-18(19)11-12-24-20)22-14-17(16-9-10-16)13-15-5-2-1-3-6-15/h1-8,11-12,16-17H,9-10,13-14H2,(H,22,23). The van der Waals surface area contributed by atoms with Gasteiger partial charge in [-0.15, -0.1) is 0 Å². The third-order valence-electron chi connectivity index (χ3n) is 4.89. The average molecular weight is 319 g/mol. The van der Waals surface area contributed by atoms with Crippen LogP contribution < -0.4 is 5.32 Å². The third kappa shape index (κ3) is 3.21. The van der Waals surface area contributed by atoms with Crippen LogP contribution in [0.5, 0.6) is 0 Å². The average Bonchev–Trinajstić information content (AvgIpc) is 3.35. The normalized spacial score (nSPS) is 15.3. The van der Waals surface area contributed by atoms with E-state index in [0.717, 1.165) is 29.9 Å². The summed E-state index contributed by atoms with van der Waals surface area (Å²) in [6, 6.07) is 18.0. The molecule has 0 aliphatic heterocycles. The lowest BCUT2D eigenvalue weighted by Crippen LogP contribution is -2.31. The quantitative estimate of drug-likeness (QED) is 0.730. The van der Waals surface area contributed by atoms with E-state index in [9.17, 15) is 4.79 Å². The minimum Gasteiger partial charge on any atom is -0.464 e. The Morgan fingerprint density at radius 2 is 1.92 bits per heavy atom. The monoisotopic (exact) mass is 319 g/mol. The lowest BCUT2D eigenvalue weighted by atomic mass is 9.94. The van der Waals surface area contributed by atoms with E-state index in [-0.39, 0.29) is 5.91 Å². The molecule has 24 heavy (non-hydrogen) atoms. The highest BCUT2D eigenvalue weighted by Crippen LogP contribution is 2.38. The second-order valence-corrected chi connectivity index (χ2v) is 6.64. The summed E-state index contributed by atoms with van der Waals surface area (Å²) in [6.07, 6.45) is 5.22. The molecule has 3 nitrogen and oxygen atoms in total. The second kappa shape index (κ2) is 6.52. The van der Waals surface area contributed by atoms with Crippen LogP contribution in [0.4, 0.5) is 0 Å². The Labute approximate surface area is 141 Å². The number of hydrogen-bond donors (Lipinski definition) is 1. The van der Waals surface area contributed by atoms with Crippen molar-refractivity contribution < 1.29 is 9.21 Å². The molecule has 3 aromatic rings. The molecule has 0 radical (unpaired) electrons. The molecule has 4 rings (SSSR count). The SMILES string of the molecule is O=C(NCC(Cc1ccccc1)C1CC1)c1cccc2occc12. The minimum atomic E-state index is -0.0132. The van der Waals surface area contributed by atoms with Gasteiger partial charge in [-0.1, -0.05) is 36.4 Å². The predicted octanol–water partition coefficient (Wildman–Crippen LogP) is 4.43. The third-order valence-corrected chi connectivity index (χ3v) is 4.89. The lowest BCUT2D eigenvalue weighted by molar-refractivity contribution is 0.0947. The first kappa shape index (κ1) is 15.0. The van der Waals surface area contributed by atoms with E-state index in [1.165, 1.54) is 18.4 Å². The number of rotatable bonds is 6. The topological polar surface area (TPSA) is 42.2 Å². The highest BCUT2D eigenvalue weighted by atomic mass is 16.3. The molecule has 1 atom stereocenters. The molecule has 0 saturated heterocycles. The van der Waals surface area contributed by atoms with Crippen LogP contribution in [-0.2, 0) is 6.42 Å². The molecular weight excluding hydrogens is 298 g/mol. The van der Waals surface area contributed by atoms with Gasteiger partial charge in [-0.3, -0.25) is 4.79 Å². The fraction of sp³-hybridized carbons (Fsp3) is 0.286. The van der Waals surface area contributed by atoms with Crippen molar-refractivity contribution in [3.05, 3.63) is 72.0 Å². The van der Waals surface area contributed by atoms with E-state index >= 15 is 0 Å². The van der Waals surface area contributed by atoms with Gasteiger partial charge in [0.1, 0.15) is 5.58 Å². The van der Waals surface area contributed by atoms with Crippen LogP contribution >= 0.6 is 0 Å². The summed E-state index contributed by atoms with van der Waals surface area (Å²) in [7, 11) is 0. The van der Waals surface area contributed by atoms with Gasteiger partial charge < -0.3 is 9.73 Å². The van der Waals surface area contributed by atoms with Crippen LogP contribution in [-0.4, -0.2) is 12.5 Å². The van der Waals surface area contributed by atoms with Crippen LogP contribution in [0.2, 0.25) is 0 Å². The van der Waals surface area contributed by atoms with Crippen LogP contribution in [0.3, 0.4) is 0 Å². The summed E-state index contributed by atoms with van der Waals surface area (Å²) in [5.41, 5.74) is 2.79. The zero-order valence-corrected chi connectivity index (χ0v) is 13.6. The smallest absolute Gasteiger partial charge is 0.252 e. The maximum absolute atomic E-state index is 12.6. The molecule has 1 aliphatic carbocycles. The summed E-state index contributed by atoms with van der Waals surface area (Å²) in [5, 5.41) is 4.02. The van der Waals surface area contributed by atoms with Gasteiger partial charge in [0, 0.05) is 11.9 Å². The molecule has 3 heteroatoms. The maximum atomic E-state index is 12.6. The molecule has 1 aromatic heterocycles. The number of hydrogen-bond acceptors (Lipinski definition) is 2. The van der Waals surface area contributed by atoms with Crippen molar-refractivity contribution in [3.8, 4) is 0 Å². The van der Waals surface area contributed by atoms with Gasteiger partial charge in [-0.05, 0) is 54.9 Å². The van der Waals surface area contributed by atoms with Gasteiger partial charge in [0.15, 0.2) is 0 Å². The molecule has 1 aliphatic rings. The molecule has 2 aromatic carbocycles. The van der Waals surface area contributed by atoms with Gasteiger partial charge in [0.2, 0.25) is 0 Å². The molecule has 122 valence electrons. The molecule has 1 N–H and O–H groups in total. The largest absolute Gasteiger partial charge is 0.464 e. The Kier molecular flexibility index (Phi) is 4.08. The van der Waals surface area contributed by atoms with Crippen LogP contribution in [0, 0.1) is 11.8 Å². The van der Waals surface area contributed by atoms with Gasteiger partial charge in [-0.2, -0.15) is 0 Å². The first-order chi connectivity index (χ1) is 11.8. The van der Waals surface area contributed by atoms with Gasteiger partial charge in [-0.25, -0.2) is 0 Å². The van der Waals surface area contributed by atoms with Gasteiger partial charge in [0.25, 0.3) is 5.91 Å². The first-order valence-electron chi connectivity index (χ1n) is 8.59. The van der Waals surface area contributed by atoms with E-state index in [1.807, 2.05) is 30.3 Å². The summed E-state index contributed by atoms with van der Waals surface area (Å²) < 4.78 is 5.38. The Morgan fingerprint density at radius 3 is 2.71 bits per heavy atom. The first-order valence-corrected chi connectivity index (χ1v) is 8.59. The summed E-state index contributed by atoms with van der Waals surface area (Å²) in [6.45, 7) is 0.729. The van der Waals surface area contributed by atoms with Crippen molar-refractivity contribution in [2.75, 3.05) is 6.54 Å². The van der Waals surface area contributed by atoms with Crippen molar-refractivity contribution in [2.45, 2.75) is 19.3 Å². The maximum Gasteiger partial charge on any atom is 0.252 e. The predicted molar refractivity (Wildman–Crippen MR) is 94.9 cm³/mol. The molecule has 0 spiro atoms. The number of carbonyl (C=O) groups excluding carboxylic acids is 1. The van der Waals surface area contributed by atoms with Crippen molar-refractivity contribution in [3.63, 3.8) is 0 Å². The van der Waals surface area contributed by atoms with Crippen LogP contribution in [0.25, 0.3) is 11.0 Å². The Hall–Kier alpha value is -2.55. The molecule has 0 bridgehead atoms. The fourth-order valence-corrected chi connectivity index (χ4v) is 3.40. The Bertz CT molecular complexity index is 833. The molecule has 1 fully saturated rings. The molecule has 1 heterocycles. The van der Waals surface area contributed by atoms with Gasteiger partial charge in [0.05, 0.1) is 11.8 Å². The van der Waals surface area contributed by atoms with Crippen LogP contribution in [0.15, 0.2) is 65.3 Å². The van der Waals surface area contributed by atoms with Crippen LogP contribution in [0.1, 0.15) is 28.8 Å². The summed E-state index contributed by atoms with van der Waals surface area (Å²) in [4.78, 5) is 12.6. The Balaban J connectivity index is 1.44. The van der Waals surface area contributed by atoms with Crippen molar-refractivity contribution in [2.24, 2.45) is 11.8 Å². The van der Waals surface area contributed by atoms with E-state index < -0.39 is 0 Å². The Morgan fingerprint density at radius 1 is 1.08 bits per heavy atom. The number of fused-ring (bicyclic) bond motifs is 1. The lowest BCUT2D eigenvalue weighted by Gasteiger charge is -2.17. The number of nitrogens with one attached hydrogen (secondary N) is 1. The molecule has 1 saturated carbocycles. The highest BCUT2D eigenvalue weighted by Gasteiger charge is 2.31. The zero-order valence-electron chi connectivity index (χ0n) is 13.6. The van der Waals surface area contributed by atoms with Crippen molar-refractivity contribution in [1.29, 1.82) is 0 Å². The second-order valence-electron chi connectivity index (χ2n) is 6.64. The molecular formula is C21H21NO2. The number of amides is 1. The van der Waals surface area contributed by atoms with Crippen molar-refractivity contribution in [1.82, 2.24) is 5.32 Å². The van der Waals surface area contributed by atoms with Gasteiger partial charge >= 0.3 is 0 Å². The molecule has 1 unspecified atom stereocenters. The number of furan rings is 1. The highest BCUT2D eigenvalue weighted by molar-refractivity contribution is 6.05.